The Hall–Kier alpha value is -1.38. The lowest BCUT2D eigenvalue weighted by Crippen LogP contribution is -2.45. The van der Waals surface area contributed by atoms with E-state index in [0.29, 0.717) is 65.7 Å². The number of esters is 2. The number of carbonyl (C=O) groups excluding carboxylic acids is 2. The van der Waals surface area contributed by atoms with Gasteiger partial charge in [0.25, 0.3) is 11.9 Å². The summed E-state index contributed by atoms with van der Waals surface area (Å²) in [6.45, 7) is 19.1. The van der Waals surface area contributed by atoms with Gasteiger partial charge in [0.1, 0.15) is 0 Å². The van der Waals surface area contributed by atoms with Crippen LogP contribution in [0.25, 0.3) is 0 Å². The Morgan fingerprint density at radius 2 is 0.708 bits per heavy atom. The van der Waals surface area contributed by atoms with E-state index in [-0.39, 0.29) is 37.6 Å². The molecule has 0 spiro atoms. The molecule has 0 aromatic carbocycles. The molecule has 0 bridgehead atoms. The van der Waals surface area contributed by atoms with Gasteiger partial charge in [-0.2, -0.15) is 0 Å². The van der Waals surface area contributed by atoms with Crippen molar-refractivity contribution in [2.75, 3.05) is 52.9 Å². The molecule has 0 N–H and O–H groups in total. The molecule has 0 aromatic rings. The number of hydrogen-bond donors (Lipinski definition) is 0. The van der Waals surface area contributed by atoms with Gasteiger partial charge in [0.2, 0.25) is 12.6 Å². The summed E-state index contributed by atoms with van der Waals surface area (Å²) in [5.41, 5.74) is 0. The van der Waals surface area contributed by atoms with Crippen LogP contribution >= 0.6 is 0 Å². The van der Waals surface area contributed by atoms with E-state index in [9.17, 15) is 9.59 Å². The normalized spacial score (nSPS) is 13.4. The SMILES string of the molecule is CCCOC(CC(OCC)OC(=O)CCCCCCC(=O)OC(CC(OCCC)(OCCC)OCCC)OCC)(OCCC)OCCC. The maximum absolute atomic E-state index is 12.7. The smallest absolute Gasteiger partial charge is 0.308 e. The lowest BCUT2D eigenvalue weighted by Gasteiger charge is -2.35. The molecular weight excluding hydrogens is 624 g/mol. The molecule has 0 fully saturated rings. The van der Waals surface area contributed by atoms with Gasteiger partial charge in [0.05, 0.1) is 52.5 Å². The van der Waals surface area contributed by atoms with Crippen LogP contribution in [-0.2, 0) is 57.0 Å². The molecule has 0 aliphatic heterocycles. The number of hydrogen-bond acceptors (Lipinski definition) is 12. The largest absolute Gasteiger partial charge is 0.435 e. The first-order valence-corrected chi connectivity index (χ1v) is 18.7. The summed E-state index contributed by atoms with van der Waals surface area (Å²) < 4.78 is 59.0. The third-order valence-electron chi connectivity index (χ3n) is 6.73. The van der Waals surface area contributed by atoms with Gasteiger partial charge in [-0.3, -0.25) is 9.59 Å². The van der Waals surface area contributed by atoms with Crippen LogP contribution in [0.15, 0.2) is 0 Å². The van der Waals surface area contributed by atoms with Crippen LogP contribution in [0.2, 0.25) is 0 Å². The Morgan fingerprint density at radius 1 is 0.438 bits per heavy atom. The van der Waals surface area contributed by atoms with Gasteiger partial charge in [-0.05, 0) is 65.2 Å². The molecule has 0 saturated heterocycles. The zero-order valence-corrected chi connectivity index (χ0v) is 31.6. The van der Waals surface area contributed by atoms with Crippen LogP contribution < -0.4 is 0 Å². The van der Waals surface area contributed by atoms with Crippen LogP contribution in [-0.4, -0.2) is 89.3 Å². The summed E-state index contributed by atoms with van der Waals surface area (Å²) in [4.78, 5) is 25.5. The molecular formula is C36H70O12. The third kappa shape index (κ3) is 22.4. The minimum absolute atomic E-state index is 0.110. The molecule has 0 amide bonds. The number of unbranched alkanes of at least 4 members (excludes halogenated alkanes) is 3. The minimum Gasteiger partial charge on any atom is -0.435 e. The summed E-state index contributed by atoms with van der Waals surface area (Å²) in [6.07, 6.45) is 6.38. The average molecular weight is 695 g/mol. The van der Waals surface area contributed by atoms with Gasteiger partial charge >= 0.3 is 11.9 Å². The quantitative estimate of drug-likeness (QED) is 0.0365. The second-order valence-electron chi connectivity index (χ2n) is 11.5. The van der Waals surface area contributed by atoms with Gasteiger partial charge in [-0.1, -0.05) is 54.4 Å². The van der Waals surface area contributed by atoms with Crippen molar-refractivity contribution in [3.05, 3.63) is 0 Å². The van der Waals surface area contributed by atoms with Crippen molar-refractivity contribution in [3.8, 4) is 0 Å². The minimum atomic E-state index is -1.34. The highest BCUT2D eigenvalue weighted by molar-refractivity contribution is 5.69. The first-order chi connectivity index (χ1) is 23.2. The highest BCUT2D eigenvalue weighted by Gasteiger charge is 2.40. The molecule has 2 atom stereocenters. The van der Waals surface area contributed by atoms with E-state index in [1.165, 1.54) is 0 Å². The molecule has 0 aromatic heterocycles. The molecule has 2 unspecified atom stereocenters. The maximum Gasteiger partial charge on any atom is 0.308 e. The second-order valence-corrected chi connectivity index (χ2v) is 11.5. The first kappa shape index (κ1) is 46.6. The van der Waals surface area contributed by atoms with Crippen molar-refractivity contribution in [1.82, 2.24) is 0 Å². The van der Waals surface area contributed by atoms with Crippen molar-refractivity contribution >= 4 is 11.9 Å². The van der Waals surface area contributed by atoms with Crippen LogP contribution in [0.4, 0.5) is 0 Å². The van der Waals surface area contributed by atoms with Crippen LogP contribution in [0, 0.1) is 0 Å². The van der Waals surface area contributed by atoms with E-state index in [0.717, 1.165) is 51.4 Å². The summed E-state index contributed by atoms with van der Waals surface area (Å²) in [7, 11) is 0. The van der Waals surface area contributed by atoms with Crippen molar-refractivity contribution in [3.63, 3.8) is 0 Å². The number of carbonyl (C=O) groups is 2. The molecule has 48 heavy (non-hydrogen) atoms. The average Bonchev–Trinajstić information content (AvgIpc) is 3.07. The van der Waals surface area contributed by atoms with Gasteiger partial charge in [-0.25, -0.2) is 0 Å². The molecule has 0 aliphatic rings. The number of ether oxygens (including phenoxy) is 10. The van der Waals surface area contributed by atoms with Crippen LogP contribution in [0.5, 0.6) is 0 Å². The molecule has 0 radical (unpaired) electrons. The van der Waals surface area contributed by atoms with E-state index in [1.807, 2.05) is 55.4 Å². The second kappa shape index (κ2) is 30.4. The standard InChI is InChI=1S/C36H70O12/c1-9-23-41-35(42-24-10-2,43-25-11-3)29-33(39-15-7)47-31(37)21-19-17-18-20-22-32(38)48-34(40-16-8)30-36(44-26-12-4,45-27-13-5)46-28-14-6/h33-34H,9-30H2,1-8H3. The Morgan fingerprint density at radius 3 is 0.938 bits per heavy atom. The number of rotatable bonds is 35. The Balaban J connectivity index is 4.94. The zero-order chi connectivity index (χ0) is 35.9. The van der Waals surface area contributed by atoms with Crippen LogP contribution in [0.3, 0.4) is 0 Å². The lowest BCUT2D eigenvalue weighted by atomic mass is 10.1. The molecule has 0 saturated carbocycles. The highest BCUT2D eigenvalue weighted by Crippen LogP contribution is 2.27. The van der Waals surface area contributed by atoms with Gasteiger partial charge in [0.15, 0.2) is 0 Å². The van der Waals surface area contributed by atoms with Gasteiger partial charge in [0, 0.05) is 26.1 Å². The van der Waals surface area contributed by atoms with E-state index >= 15 is 0 Å². The molecule has 0 rings (SSSR count). The van der Waals surface area contributed by atoms with Gasteiger partial charge in [-0.15, -0.1) is 0 Å². The van der Waals surface area contributed by atoms with E-state index < -0.39 is 24.5 Å². The third-order valence-corrected chi connectivity index (χ3v) is 6.73. The fourth-order valence-electron chi connectivity index (χ4n) is 4.50. The Labute approximate surface area is 291 Å². The monoisotopic (exact) mass is 694 g/mol. The zero-order valence-electron chi connectivity index (χ0n) is 31.6. The fraction of sp³-hybridized carbons (Fsp3) is 0.944. The summed E-state index contributed by atoms with van der Waals surface area (Å²) in [5.74, 6) is -3.42. The molecule has 0 heterocycles. The molecule has 286 valence electrons. The predicted molar refractivity (Wildman–Crippen MR) is 183 cm³/mol. The first-order valence-electron chi connectivity index (χ1n) is 18.7. The van der Waals surface area contributed by atoms with Crippen molar-refractivity contribution in [1.29, 1.82) is 0 Å². The lowest BCUT2D eigenvalue weighted by molar-refractivity contribution is -0.398. The molecule has 12 heteroatoms. The Bertz CT molecular complexity index is 660. The highest BCUT2D eigenvalue weighted by atomic mass is 16.9. The van der Waals surface area contributed by atoms with Crippen molar-refractivity contribution < 1.29 is 57.0 Å². The Kier molecular flexibility index (Phi) is 29.6. The van der Waals surface area contributed by atoms with E-state index in [2.05, 4.69) is 0 Å². The molecule has 0 aliphatic carbocycles. The summed E-state index contributed by atoms with van der Waals surface area (Å²) in [6, 6.07) is 0. The van der Waals surface area contributed by atoms with Gasteiger partial charge < -0.3 is 47.4 Å². The van der Waals surface area contributed by atoms with E-state index in [1.54, 1.807) is 0 Å². The maximum atomic E-state index is 12.7. The fourth-order valence-corrected chi connectivity index (χ4v) is 4.50. The van der Waals surface area contributed by atoms with Crippen LogP contribution in [0.1, 0.15) is 145 Å². The predicted octanol–water partition coefficient (Wildman–Crippen LogP) is 7.79. The topological polar surface area (TPSA) is 126 Å². The summed E-state index contributed by atoms with van der Waals surface area (Å²) in [5, 5.41) is 0. The van der Waals surface area contributed by atoms with Crippen molar-refractivity contribution in [2.45, 2.75) is 170 Å². The van der Waals surface area contributed by atoms with E-state index in [4.69, 9.17) is 47.4 Å². The molecule has 12 nitrogen and oxygen atoms in total. The summed E-state index contributed by atoms with van der Waals surface area (Å²) >= 11 is 0. The van der Waals surface area contributed by atoms with Crippen molar-refractivity contribution in [2.24, 2.45) is 0 Å².